The van der Waals surface area contributed by atoms with Gasteiger partial charge in [0.2, 0.25) is 0 Å². The Morgan fingerprint density at radius 3 is 2.68 bits per heavy atom. The summed E-state index contributed by atoms with van der Waals surface area (Å²) in [7, 11) is 0. The van der Waals surface area contributed by atoms with Crippen molar-refractivity contribution in [2.24, 2.45) is 0 Å². The van der Waals surface area contributed by atoms with Gasteiger partial charge < -0.3 is 5.11 Å². The Morgan fingerprint density at radius 1 is 1.23 bits per heavy atom. The number of fused-ring (bicyclic) bond motifs is 1. The van der Waals surface area contributed by atoms with E-state index in [9.17, 15) is 9.90 Å². The molecule has 22 heavy (non-hydrogen) atoms. The van der Waals surface area contributed by atoms with Crippen LogP contribution in [0.1, 0.15) is 17.0 Å². The molecule has 3 rings (SSSR count). The normalized spacial score (nSPS) is 11.8. The summed E-state index contributed by atoms with van der Waals surface area (Å²) in [5.74, 6) is 0.186. The Morgan fingerprint density at radius 2 is 1.95 bits per heavy atom. The molecule has 2 heterocycles. The number of aromatic hydroxyl groups is 1. The highest BCUT2D eigenvalue weighted by Crippen LogP contribution is 2.21. The number of aryl methyl sites for hydroxylation is 1. The number of aromatic nitrogens is 2. The predicted octanol–water partition coefficient (Wildman–Crippen LogP) is 3.45. The minimum atomic E-state index is -0.171. The fourth-order valence-electron chi connectivity index (χ4n) is 2.23. The molecule has 0 amide bonds. The summed E-state index contributed by atoms with van der Waals surface area (Å²) >= 11 is 6.28. The highest BCUT2D eigenvalue weighted by Gasteiger charge is 2.07. The number of halogens is 1. The number of nitrogens with zero attached hydrogens (tertiary/aromatic N) is 2. The van der Waals surface area contributed by atoms with Crippen LogP contribution < -0.4 is 5.56 Å². The molecule has 0 bridgehead atoms. The lowest BCUT2D eigenvalue weighted by Gasteiger charge is -2.06. The minimum Gasteiger partial charge on any atom is -0.508 e. The second kappa shape index (κ2) is 5.66. The lowest BCUT2D eigenvalue weighted by molar-refractivity contribution is 0.475. The zero-order valence-corrected chi connectivity index (χ0v) is 12.6. The maximum Gasteiger partial charge on any atom is 0.258 e. The second-order valence-electron chi connectivity index (χ2n) is 4.92. The van der Waals surface area contributed by atoms with Crippen LogP contribution in [0.4, 0.5) is 0 Å². The molecule has 0 saturated carbocycles. The Hall–Kier alpha value is -2.59. The summed E-state index contributed by atoms with van der Waals surface area (Å²) in [6.07, 6.45) is 1.70. The number of pyridine rings is 1. The molecule has 0 fully saturated rings. The zero-order chi connectivity index (χ0) is 15.7. The van der Waals surface area contributed by atoms with Gasteiger partial charge in [-0.15, -0.1) is 0 Å². The van der Waals surface area contributed by atoms with E-state index >= 15 is 0 Å². The van der Waals surface area contributed by atoms with Gasteiger partial charge in [0.05, 0.1) is 10.7 Å². The summed E-state index contributed by atoms with van der Waals surface area (Å²) in [5.41, 5.74) is 2.44. The summed E-state index contributed by atoms with van der Waals surface area (Å²) in [6, 6.07) is 13.5. The van der Waals surface area contributed by atoms with E-state index in [1.807, 2.05) is 19.1 Å². The van der Waals surface area contributed by atoms with Crippen molar-refractivity contribution in [3.05, 3.63) is 75.8 Å². The quantitative estimate of drug-likeness (QED) is 0.788. The van der Waals surface area contributed by atoms with Gasteiger partial charge in [-0.1, -0.05) is 29.8 Å². The highest BCUT2D eigenvalue weighted by atomic mass is 35.5. The maximum atomic E-state index is 12.2. The molecule has 0 spiro atoms. The molecular formula is C17H13ClN2O2. The molecule has 5 heteroatoms. The number of hydrogen-bond donors (Lipinski definition) is 1. The van der Waals surface area contributed by atoms with Gasteiger partial charge in [0, 0.05) is 11.8 Å². The van der Waals surface area contributed by atoms with Crippen LogP contribution in [0.2, 0.25) is 0 Å². The van der Waals surface area contributed by atoms with E-state index in [-0.39, 0.29) is 11.3 Å². The monoisotopic (exact) mass is 312 g/mol. The van der Waals surface area contributed by atoms with Crippen molar-refractivity contribution in [1.82, 2.24) is 9.38 Å². The first-order valence-corrected chi connectivity index (χ1v) is 7.08. The first kappa shape index (κ1) is 14.4. The summed E-state index contributed by atoms with van der Waals surface area (Å²) < 4.78 is 1.54. The van der Waals surface area contributed by atoms with Crippen molar-refractivity contribution < 1.29 is 5.11 Å². The van der Waals surface area contributed by atoms with E-state index in [2.05, 4.69) is 4.98 Å². The molecule has 3 aromatic rings. The summed E-state index contributed by atoms with van der Waals surface area (Å²) in [6.45, 7) is 1.85. The molecule has 0 atom stereocenters. The van der Waals surface area contributed by atoms with E-state index in [1.165, 1.54) is 10.5 Å². The van der Waals surface area contributed by atoms with Crippen molar-refractivity contribution in [1.29, 1.82) is 0 Å². The van der Waals surface area contributed by atoms with E-state index < -0.39 is 0 Å². The molecule has 110 valence electrons. The third-order valence-corrected chi connectivity index (χ3v) is 3.61. The van der Waals surface area contributed by atoms with Crippen molar-refractivity contribution in [2.75, 3.05) is 0 Å². The van der Waals surface area contributed by atoms with Gasteiger partial charge >= 0.3 is 0 Å². The third-order valence-electron chi connectivity index (χ3n) is 3.31. The molecular weight excluding hydrogens is 300 g/mol. The second-order valence-corrected chi connectivity index (χ2v) is 5.33. The van der Waals surface area contributed by atoms with Crippen LogP contribution >= 0.6 is 11.6 Å². The summed E-state index contributed by atoms with van der Waals surface area (Å²) in [4.78, 5) is 16.6. The van der Waals surface area contributed by atoms with Gasteiger partial charge in [-0.05, 0) is 42.8 Å². The topological polar surface area (TPSA) is 54.6 Å². The number of phenolic OH excluding ortho intramolecular Hbond substituents is 1. The van der Waals surface area contributed by atoms with Gasteiger partial charge in [-0.25, -0.2) is 4.98 Å². The molecule has 2 aromatic heterocycles. The van der Waals surface area contributed by atoms with Crippen molar-refractivity contribution in [2.45, 2.75) is 6.92 Å². The Bertz CT molecular complexity index is 928. The van der Waals surface area contributed by atoms with Crippen LogP contribution in [0.25, 0.3) is 16.8 Å². The SMILES string of the molecule is Cc1cccc2nc(/C(Cl)=C/c3ccc(O)cc3)cc(=O)n12. The van der Waals surface area contributed by atoms with Crippen LogP contribution in [0.5, 0.6) is 5.75 Å². The van der Waals surface area contributed by atoms with Crippen molar-refractivity contribution in [3.63, 3.8) is 0 Å². The number of hydrogen-bond acceptors (Lipinski definition) is 3. The summed E-state index contributed by atoms with van der Waals surface area (Å²) in [5, 5.41) is 9.65. The van der Waals surface area contributed by atoms with Crippen LogP contribution in [0, 0.1) is 6.92 Å². The lowest BCUT2D eigenvalue weighted by Crippen LogP contribution is -2.16. The van der Waals surface area contributed by atoms with Gasteiger partial charge in [-0.2, -0.15) is 0 Å². The smallest absolute Gasteiger partial charge is 0.258 e. The molecule has 0 radical (unpaired) electrons. The number of phenols is 1. The van der Waals surface area contributed by atoms with E-state index in [1.54, 1.807) is 36.4 Å². The van der Waals surface area contributed by atoms with Crippen LogP contribution in [0.3, 0.4) is 0 Å². The largest absolute Gasteiger partial charge is 0.508 e. The molecule has 0 aliphatic carbocycles. The molecule has 4 nitrogen and oxygen atoms in total. The molecule has 0 aliphatic rings. The Kier molecular flexibility index (Phi) is 3.69. The third kappa shape index (κ3) is 2.73. The maximum absolute atomic E-state index is 12.2. The Balaban J connectivity index is 2.10. The first-order valence-electron chi connectivity index (χ1n) is 6.70. The molecule has 1 aromatic carbocycles. The number of rotatable bonds is 2. The Labute approximate surface area is 132 Å². The standard InChI is InChI=1S/C17H13ClN2O2/c1-11-3-2-4-16-19-15(10-17(22)20(11)16)14(18)9-12-5-7-13(21)8-6-12/h2-10,21H,1H3/b14-9-. The van der Waals surface area contributed by atoms with Crippen LogP contribution in [0.15, 0.2) is 53.3 Å². The lowest BCUT2D eigenvalue weighted by atomic mass is 10.2. The average molecular weight is 313 g/mol. The molecule has 0 saturated heterocycles. The van der Waals surface area contributed by atoms with Gasteiger partial charge in [0.1, 0.15) is 11.4 Å². The average Bonchev–Trinajstić information content (AvgIpc) is 2.49. The van der Waals surface area contributed by atoms with Crippen LogP contribution in [-0.4, -0.2) is 14.5 Å². The van der Waals surface area contributed by atoms with Gasteiger partial charge in [0.25, 0.3) is 5.56 Å². The van der Waals surface area contributed by atoms with Crippen molar-refractivity contribution >= 4 is 28.4 Å². The van der Waals surface area contributed by atoms with E-state index in [4.69, 9.17) is 11.6 Å². The van der Waals surface area contributed by atoms with Crippen LogP contribution in [-0.2, 0) is 0 Å². The number of benzene rings is 1. The fraction of sp³-hybridized carbons (Fsp3) is 0.0588. The minimum absolute atomic E-state index is 0.171. The molecule has 0 aliphatic heterocycles. The highest BCUT2D eigenvalue weighted by molar-refractivity contribution is 6.51. The van der Waals surface area contributed by atoms with E-state index in [0.29, 0.717) is 16.4 Å². The van der Waals surface area contributed by atoms with E-state index in [0.717, 1.165) is 11.3 Å². The van der Waals surface area contributed by atoms with Gasteiger partial charge in [-0.3, -0.25) is 9.20 Å². The molecule has 1 N–H and O–H groups in total. The predicted molar refractivity (Wildman–Crippen MR) is 88.0 cm³/mol. The van der Waals surface area contributed by atoms with Gasteiger partial charge in [0.15, 0.2) is 0 Å². The molecule has 0 unspecified atom stereocenters. The zero-order valence-electron chi connectivity index (χ0n) is 11.8. The first-order chi connectivity index (χ1) is 10.5. The fourth-order valence-corrected chi connectivity index (χ4v) is 2.45. The van der Waals surface area contributed by atoms with Crippen molar-refractivity contribution in [3.8, 4) is 5.75 Å².